The summed E-state index contributed by atoms with van der Waals surface area (Å²) >= 11 is 0. The molecule has 1 aliphatic rings. The molecule has 1 N–H and O–H groups in total. The number of anilines is 1. The summed E-state index contributed by atoms with van der Waals surface area (Å²) in [6.45, 7) is 4.56. The number of ether oxygens (including phenoxy) is 2. The van der Waals surface area contributed by atoms with Gasteiger partial charge in [0.15, 0.2) is 0 Å². The van der Waals surface area contributed by atoms with Crippen molar-refractivity contribution in [2.45, 2.75) is 45.1 Å². The molecule has 2 amide bonds. The van der Waals surface area contributed by atoms with Crippen molar-refractivity contribution < 1.29 is 32.2 Å². The normalized spacial score (nSPS) is 14.8. The lowest BCUT2D eigenvalue weighted by Crippen LogP contribution is -2.42. The van der Waals surface area contributed by atoms with E-state index in [0.717, 1.165) is 0 Å². The third kappa shape index (κ3) is 6.50. The molecule has 0 saturated carbocycles. The molecule has 1 aliphatic heterocycles. The quantitative estimate of drug-likeness (QED) is 0.724. The zero-order valence-electron chi connectivity index (χ0n) is 18.1. The first kappa shape index (κ1) is 24.1. The number of hydrogen-bond donors (Lipinski definition) is 1. The molecule has 3 rings (SSSR count). The molecule has 33 heavy (non-hydrogen) atoms. The molecule has 0 aliphatic carbocycles. The van der Waals surface area contributed by atoms with E-state index in [1.54, 1.807) is 30.1 Å². The highest BCUT2D eigenvalue weighted by Gasteiger charge is 2.38. The van der Waals surface area contributed by atoms with Crippen molar-refractivity contribution >= 4 is 17.7 Å². The lowest BCUT2D eigenvalue weighted by atomic mass is 10.1. The number of carbonyl (C=O) groups is 2. The topological polar surface area (TPSA) is 89.9 Å². The lowest BCUT2D eigenvalue weighted by Gasteiger charge is -2.32. The van der Waals surface area contributed by atoms with Crippen molar-refractivity contribution in [3.63, 3.8) is 0 Å². The van der Waals surface area contributed by atoms with Gasteiger partial charge in [-0.15, -0.1) is 0 Å². The minimum Gasteiger partial charge on any atom is -0.490 e. The minimum atomic E-state index is -4.99. The molecule has 178 valence electrons. The molecule has 0 bridgehead atoms. The summed E-state index contributed by atoms with van der Waals surface area (Å²) in [5.74, 6) is -1.69. The summed E-state index contributed by atoms with van der Waals surface area (Å²) in [5.41, 5.74) is -0.0243. The number of rotatable bonds is 5. The largest absolute Gasteiger partial charge is 0.490 e. The average molecular weight is 467 g/mol. The Morgan fingerprint density at radius 2 is 1.73 bits per heavy atom. The first-order valence-electron chi connectivity index (χ1n) is 10.4. The molecule has 0 atom stereocenters. The van der Waals surface area contributed by atoms with Crippen molar-refractivity contribution in [2.24, 2.45) is 0 Å². The van der Waals surface area contributed by atoms with E-state index in [1.807, 2.05) is 0 Å². The lowest BCUT2D eigenvalue weighted by molar-refractivity contribution is -0.167. The average Bonchev–Trinajstić information content (AvgIpc) is 2.74. The summed E-state index contributed by atoms with van der Waals surface area (Å²) in [7, 11) is 0. The van der Waals surface area contributed by atoms with Gasteiger partial charge >= 0.3 is 18.2 Å². The number of aromatic nitrogens is 1. The van der Waals surface area contributed by atoms with Crippen LogP contribution in [0, 0.1) is 0 Å². The number of pyridine rings is 1. The predicted octanol–water partition coefficient (Wildman–Crippen LogP) is 3.73. The van der Waals surface area contributed by atoms with E-state index >= 15 is 0 Å². The second kappa shape index (κ2) is 9.97. The highest BCUT2D eigenvalue weighted by atomic mass is 19.4. The van der Waals surface area contributed by atoms with Crippen molar-refractivity contribution in [3.8, 4) is 11.4 Å². The fourth-order valence-electron chi connectivity index (χ4n) is 3.28. The van der Waals surface area contributed by atoms with E-state index in [-0.39, 0.29) is 24.0 Å². The van der Waals surface area contributed by atoms with Crippen LogP contribution in [0.2, 0.25) is 0 Å². The molecule has 0 spiro atoms. The number of nitrogens with one attached hydrogen (secondary N) is 1. The molecular weight excluding hydrogens is 443 g/mol. The van der Waals surface area contributed by atoms with Gasteiger partial charge in [0.05, 0.1) is 6.10 Å². The molecule has 0 unspecified atom stereocenters. The summed E-state index contributed by atoms with van der Waals surface area (Å²) in [6.07, 6.45) is -2.99. The maximum Gasteiger partial charge on any atom is 0.471 e. The Morgan fingerprint density at radius 3 is 2.27 bits per heavy atom. The number of nitrogens with zero attached hydrogens (tertiary/aromatic N) is 2. The molecule has 1 fully saturated rings. The first-order chi connectivity index (χ1) is 15.5. The molecule has 8 nitrogen and oxygen atoms in total. The number of halogens is 3. The van der Waals surface area contributed by atoms with E-state index in [4.69, 9.17) is 9.47 Å². The second-order valence-electron chi connectivity index (χ2n) is 7.81. The van der Waals surface area contributed by atoms with Crippen LogP contribution in [-0.2, 0) is 9.53 Å². The predicted molar refractivity (Wildman–Crippen MR) is 114 cm³/mol. The van der Waals surface area contributed by atoms with Gasteiger partial charge in [0.25, 0.3) is 5.56 Å². The third-order valence-electron chi connectivity index (χ3n) is 4.89. The molecule has 1 saturated heterocycles. The van der Waals surface area contributed by atoms with E-state index in [0.29, 0.717) is 37.4 Å². The van der Waals surface area contributed by atoms with Crippen LogP contribution in [-0.4, -0.2) is 52.9 Å². The van der Waals surface area contributed by atoms with Crippen molar-refractivity contribution in [1.29, 1.82) is 0 Å². The SMILES string of the molecule is CC(C)OC(=O)N1CCC(Oc2ccn(-c3ccc(NC(=O)C(F)(F)F)cc3)c(=O)c2)CC1. The Bertz CT molecular complexity index is 1040. The highest BCUT2D eigenvalue weighted by Crippen LogP contribution is 2.21. The number of likely N-dealkylation sites (tertiary alicyclic amines) is 1. The van der Waals surface area contributed by atoms with Crippen molar-refractivity contribution in [3.05, 3.63) is 52.9 Å². The molecular formula is C22H24F3N3O5. The van der Waals surface area contributed by atoms with Gasteiger partial charge in [-0.05, 0) is 44.2 Å². The molecule has 1 aromatic carbocycles. The van der Waals surface area contributed by atoms with Gasteiger partial charge in [-0.25, -0.2) is 4.79 Å². The van der Waals surface area contributed by atoms with E-state index in [1.165, 1.54) is 41.1 Å². The van der Waals surface area contributed by atoms with Gasteiger partial charge in [0, 0.05) is 49.6 Å². The monoisotopic (exact) mass is 467 g/mol. The van der Waals surface area contributed by atoms with Crippen molar-refractivity contribution in [2.75, 3.05) is 18.4 Å². The second-order valence-corrected chi connectivity index (χ2v) is 7.81. The van der Waals surface area contributed by atoms with Crippen LogP contribution < -0.4 is 15.6 Å². The van der Waals surface area contributed by atoms with Crippen LogP contribution in [0.15, 0.2) is 47.4 Å². The maximum absolute atomic E-state index is 12.5. The smallest absolute Gasteiger partial charge is 0.471 e. The van der Waals surface area contributed by atoms with Crippen LogP contribution in [0.5, 0.6) is 5.75 Å². The fraction of sp³-hybridized carbons (Fsp3) is 0.409. The molecule has 11 heteroatoms. The van der Waals surface area contributed by atoms with Gasteiger partial charge < -0.3 is 19.7 Å². The van der Waals surface area contributed by atoms with Gasteiger partial charge in [0.1, 0.15) is 11.9 Å². The molecule has 2 aromatic rings. The van der Waals surface area contributed by atoms with Crippen molar-refractivity contribution in [1.82, 2.24) is 9.47 Å². The Hall–Kier alpha value is -3.50. The number of carbonyl (C=O) groups excluding carboxylic acids is 2. The summed E-state index contributed by atoms with van der Waals surface area (Å²) in [4.78, 5) is 37.1. The standard InChI is InChI=1S/C22H24F3N3O5/c1-14(2)32-21(31)27-10-7-17(8-11-27)33-18-9-12-28(19(29)13-18)16-5-3-15(4-6-16)26-20(30)22(23,24)25/h3-6,9,12-14,17H,7-8,10-11H2,1-2H3,(H,26,30). The van der Waals surface area contributed by atoms with Crippen LogP contribution in [0.1, 0.15) is 26.7 Å². The summed E-state index contributed by atoms with van der Waals surface area (Å²) < 4.78 is 49.4. The van der Waals surface area contributed by atoms with E-state index in [2.05, 4.69) is 0 Å². The third-order valence-corrected chi connectivity index (χ3v) is 4.89. The van der Waals surface area contributed by atoms with Crippen LogP contribution in [0.3, 0.4) is 0 Å². The number of hydrogen-bond acceptors (Lipinski definition) is 5. The summed E-state index contributed by atoms with van der Waals surface area (Å²) in [5, 5.41) is 1.75. The number of benzene rings is 1. The van der Waals surface area contributed by atoms with Gasteiger partial charge in [-0.1, -0.05) is 0 Å². The maximum atomic E-state index is 12.5. The van der Waals surface area contributed by atoms with Gasteiger partial charge in [0.2, 0.25) is 0 Å². The number of amides is 2. The Kier molecular flexibility index (Phi) is 7.29. The molecule has 0 radical (unpaired) electrons. The summed E-state index contributed by atoms with van der Waals surface area (Å²) in [6, 6.07) is 8.31. The van der Waals surface area contributed by atoms with Crippen LogP contribution >= 0.6 is 0 Å². The molecule has 1 aromatic heterocycles. The zero-order valence-corrected chi connectivity index (χ0v) is 18.1. The number of alkyl halides is 3. The molecule has 2 heterocycles. The Morgan fingerprint density at radius 1 is 1.09 bits per heavy atom. The van der Waals surface area contributed by atoms with E-state index in [9.17, 15) is 27.6 Å². The Labute approximate surface area is 187 Å². The van der Waals surface area contributed by atoms with E-state index < -0.39 is 17.6 Å². The minimum absolute atomic E-state index is 0.0438. The first-order valence-corrected chi connectivity index (χ1v) is 10.4. The van der Waals surface area contributed by atoms with Crippen LogP contribution in [0.25, 0.3) is 5.69 Å². The highest BCUT2D eigenvalue weighted by molar-refractivity contribution is 5.94. The van der Waals surface area contributed by atoms with Gasteiger partial charge in [-0.3, -0.25) is 14.2 Å². The Balaban J connectivity index is 1.59. The fourth-order valence-corrected chi connectivity index (χ4v) is 3.28. The zero-order chi connectivity index (χ0) is 24.2. The van der Waals surface area contributed by atoms with Gasteiger partial charge in [-0.2, -0.15) is 13.2 Å². The number of piperidine rings is 1. The van der Waals surface area contributed by atoms with Crippen LogP contribution in [0.4, 0.5) is 23.7 Å².